The lowest BCUT2D eigenvalue weighted by Gasteiger charge is -2.12. The van der Waals surface area contributed by atoms with Crippen LogP contribution in [0.25, 0.3) is 109 Å². The maximum Gasteiger partial charge on any atom is 0.180 e. The van der Waals surface area contributed by atoms with Crippen LogP contribution in [0, 0.1) is 11.3 Å². The lowest BCUT2D eigenvalue weighted by molar-refractivity contribution is 0.667. The molecule has 240 valence electrons. The van der Waals surface area contributed by atoms with E-state index in [9.17, 15) is 5.26 Å². The molecule has 0 N–H and O–H groups in total. The number of hydrogen-bond donors (Lipinski definition) is 0. The Kier molecular flexibility index (Phi) is 6.15. The molecule has 0 amide bonds. The van der Waals surface area contributed by atoms with Gasteiger partial charge >= 0.3 is 0 Å². The number of rotatable bonds is 4. The molecule has 52 heavy (non-hydrogen) atoms. The molecule has 0 unspecified atom stereocenters. The highest BCUT2D eigenvalue weighted by atomic mass is 32.1. The van der Waals surface area contributed by atoms with Crippen LogP contribution in [-0.2, 0) is 0 Å². The van der Waals surface area contributed by atoms with E-state index >= 15 is 0 Å². The second kappa shape index (κ2) is 11.1. The minimum Gasteiger partial charge on any atom is -0.452 e. The number of fused-ring (bicyclic) bond motifs is 6. The highest BCUT2D eigenvalue weighted by molar-refractivity contribution is 7.26. The quantitative estimate of drug-likeness (QED) is 0.174. The summed E-state index contributed by atoms with van der Waals surface area (Å²) in [6, 6.07) is 54.9. The van der Waals surface area contributed by atoms with Crippen LogP contribution in [0.1, 0.15) is 5.56 Å². The van der Waals surface area contributed by atoms with Gasteiger partial charge in [-0.3, -0.25) is 0 Å². The topological polar surface area (TPSA) is 62.7 Å². The summed E-state index contributed by atoms with van der Waals surface area (Å²) < 4.78 is 8.98. The number of nitriles is 1. The molecule has 0 spiro atoms. The fourth-order valence-corrected chi connectivity index (χ4v) is 9.08. The van der Waals surface area contributed by atoms with Crippen LogP contribution in [0.2, 0.25) is 0 Å². The monoisotopic (exact) mass is 679 g/mol. The Bertz CT molecular complexity index is 3260. The predicted molar refractivity (Wildman–Crippen MR) is 215 cm³/mol. The van der Waals surface area contributed by atoms with E-state index in [1.807, 2.05) is 65.9 Å². The predicted octanol–water partition coefficient (Wildman–Crippen LogP) is 13.0. The Morgan fingerprint density at radius 1 is 0.481 bits per heavy atom. The van der Waals surface area contributed by atoms with Crippen LogP contribution in [0.3, 0.4) is 0 Å². The summed E-state index contributed by atoms with van der Waals surface area (Å²) in [7, 11) is 0. The Labute approximate surface area is 301 Å². The summed E-state index contributed by atoms with van der Waals surface area (Å²) in [6.07, 6.45) is 0. The van der Waals surface area contributed by atoms with E-state index in [-0.39, 0.29) is 0 Å². The van der Waals surface area contributed by atoms with Gasteiger partial charge in [0.2, 0.25) is 0 Å². The average Bonchev–Trinajstić information content (AvgIpc) is 3.79. The van der Waals surface area contributed by atoms with E-state index < -0.39 is 0 Å². The van der Waals surface area contributed by atoms with Gasteiger partial charge in [0, 0.05) is 36.7 Å². The van der Waals surface area contributed by atoms with Crippen molar-refractivity contribution in [3.63, 3.8) is 0 Å². The summed E-state index contributed by atoms with van der Waals surface area (Å²) in [4.78, 5) is 10.4. The smallest absolute Gasteiger partial charge is 0.180 e. The lowest BCUT2D eigenvalue weighted by atomic mass is 9.91. The van der Waals surface area contributed by atoms with Gasteiger partial charge < -0.3 is 4.42 Å². The van der Waals surface area contributed by atoms with Gasteiger partial charge in [0.1, 0.15) is 16.8 Å². The molecular formula is C47H25N3OS. The number of nitrogens with zero attached hydrogens (tertiary/aromatic N) is 3. The standard InChI is InChI=1S/C47H25N3OS/c48-26-27-20-31(32-24-38-35-15-5-4-14-34(35)36-17-9-19-40-42(36)43(38)41(25-32)52-40)23-33(21-27)47-49-44(46-45(50-47)37-16-6-7-18-39(37)51-46)30-13-8-12-29(22-30)28-10-2-1-3-11-28/h1-25H. The first-order valence-electron chi connectivity index (χ1n) is 17.2. The summed E-state index contributed by atoms with van der Waals surface area (Å²) in [5.74, 6) is 0.539. The Hall–Kier alpha value is -6.87. The maximum absolute atomic E-state index is 10.3. The minimum atomic E-state index is 0.539. The molecule has 0 aliphatic carbocycles. The van der Waals surface area contributed by atoms with Gasteiger partial charge in [0.05, 0.1) is 11.6 Å². The van der Waals surface area contributed by atoms with Crippen molar-refractivity contribution in [3.05, 3.63) is 157 Å². The van der Waals surface area contributed by atoms with Crippen LogP contribution in [-0.4, -0.2) is 9.97 Å². The molecule has 3 heterocycles. The largest absolute Gasteiger partial charge is 0.452 e. The van der Waals surface area contributed by atoms with E-state index in [1.165, 1.54) is 41.7 Å². The first-order chi connectivity index (χ1) is 25.7. The van der Waals surface area contributed by atoms with Gasteiger partial charge in [-0.05, 0) is 98.4 Å². The zero-order chi connectivity index (χ0) is 34.3. The SMILES string of the molecule is N#Cc1cc(-c2cc3sc4cccc5c6ccccc6c(c2)c3c45)cc(-c2nc(-c3cccc(-c4ccccc4)c3)c3oc4ccccc4c3n2)c1. The number of aromatic nitrogens is 2. The van der Waals surface area contributed by atoms with Crippen LogP contribution in [0.4, 0.5) is 0 Å². The lowest BCUT2D eigenvalue weighted by Crippen LogP contribution is -1.95. The molecule has 0 fully saturated rings. The number of hydrogen-bond acceptors (Lipinski definition) is 5. The summed E-state index contributed by atoms with van der Waals surface area (Å²) in [5, 5.41) is 18.9. The Morgan fingerprint density at radius 2 is 1.13 bits per heavy atom. The van der Waals surface area contributed by atoms with Crippen LogP contribution in [0.15, 0.2) is 156 Å². The van der Waals surface area contributed by atoms with E-state index in [2.05, 4.69) is 103 Å². The molecule has 5 heteroatoms. The second-order valence-corrected chi connectivity index (χ2v) is 14.3. The summed E-state index contributed by atoms with van der Waals surface area (Å²) >= 11 is 1.82. The van der Waals surface area contributed by atoms with Gasteiger partial charge in [-0.25, -0.2) is 9.97 Å². The zero-order valence-electron chi connectivity index (χ0n) is 27.6. The fraction of sp³-hybridized carbons (Fsp3) is 0. The molecule has 0 atom stereocenters. The van der Waals surface area contributed by atoms with Gasteiger partial charge in [-0.1, -0.05) is 97.1 Å². The molecule has 0 bridgehead atoms. The third-order valence-electron chi connectivity index (χ3n) is 10.2. The van der Waals surface area contributed by atoms with Crippen molar-refractivity contribution in [1.29, 1.82) is 5.26 Å². The van der Waals surface area contributed by atoms with Crippen molar-refractivity contribution >= 4 is 75.1 Å². The number of furan rings is 1. The van der Waals surface area contributed by atoms with Crippen molar-refractivity contribution in [2.75, 3.05) is 0 Å². The average molecular weight is 680 g/mol. The number of benzene rings is 8. The Balaban J connectivity index is 1.15. The molecule has 0 aliphatic rings. The van der Waals surface area contributed by atoms with Gasteiger partial charge in [0.15, 0.2) is 11.4 Å². The van der Waals surface area contributed by atoms with E-state index in [1.54, 1.807) is 0 Å². The molecule has 0 saturated heterocycles. The third kappa shape index (κ3) is 4.32. The molecule has 0 saturated carbocycles. The van der Waals surface area contributed by atoms with Gasteiger partial charge in [-0.2, -0.15) is 5.26 Å². The number of thiophene rings is 1. The minimum absolute atomic E-state index is 0.539. The van der Waals surface area contributed by atoms with Crippen molar-refractivity contribution in [2.24, 2.45) is 0 Å². The first kappa shape index (κ1) is 28.9. The highest BCUT2D eigenvalue weighted by Crippen LogP contribution is 2.47. The van der Waals surface area contributed by atoms with Gasteiger partial charge in [-0.15, -0.1) is 11.3 Å². The third-order valence-corrected chi connectivity index (χ3v) is 11.3. The molecule has 0 aliphatic heterocycles. The van der Waals surface area contributed by atoms with Crippen molar-refractivity contribution < 1.29 is 4.42 Å². The van der Waals surface area contributed by atoms with Crippen LogP contribution >= 0.6 is 11.3 Å². The molecule has 8 aromatic carbocycles. The normalized spacial score (nSPS) is 11.8. The Morgan fingerprint density at radius 3 is 2.00 bits per heavy atom. The fourth-order valence-electron chi connectivity index (χ4n) is 7.88. The van der Waals surface area contributed by atoms with Crippen molar-refractivity contribution in [2.45, 2.75) is 0 Å². The highest BCUT2D eigenvalue weighted by Gasteiger charge is 2.21. The number of para-hydroxylation sites is 1. The molecular weight excluding hydrogens is 655 g/mol. The first-order valence-corrected chi connectivity index (χ1v) is 18.0. The van der Waals surface area contributed by atoms with E-state index in [0.717, 1.165) is 49.9 Å². The summed E-state index contributed by atoms with van der Waals surface area (Å²) in [5.41, 5.74) is 9.31. The van der Waals surface area contributed by atoms with Crippen LogP contribution in [0.5, 0.6) is 0 Å². The molecule has 4 nitrogen and oxygen atoms in total. The van der Waals surface area contributed by atoms with E-state index in [0.29, 0.717) is 22.7 Å². The molecule has 11 rings (SSSR count). The second-order valence-electron chi connectivity index (χ2n) is 13.3. The summed E-state index contributed by atoms with van der Waals surface area (Å²) in [6.45, 7) is 0. The van der Waals surface area contributed by atoms with Crippen molar-refractivity contribution in [1.82, 2.24) is 9.97 Å². The van der Waals surface area contributed by atoms with Gasteiger partial charge in [0.25, 0.3) is 0 Å². The molecule has 11 aromatic rings. The van der Waals surface area contributed by atoms with Crippen molar-refractivity contribution in [3.8, 4) is 51.0 Å². The maximum atomic E-state index is 10.3. The molecule has 3 aromatic heterocycles. The van der Waals surface area contributed by atoms with Crippen LogP contribution < -0.4 is 0 Å². The zero-order valence-corrected chi connectivity index (χ0v) is 28.4. The van der Waals surface area contributed by atoms with E-state index in [4.69, 9.17) is 14.4 Å². The molecule has 0 radical (unpaired) electrons.